The maximum atomic E-state index is 12.4. The molecular weight excluding hydrogens is 270 g/mol. The average molecular weight is 292 g/mol. The molecule has 0 aromatic heterocycles. The fraction of sp³-hybridized carbons (Fsp3) is 0.588. The second-order valence-electron chi connectivity index (χ2n) is 6.07. The summed E-state index contributed by atoms with van der Waals surface area (Å²) in [4.78, 5) is 12.4. The van der Waals surface area contributed by atoms with E-state index >= 15 is 0 Å². The third kappa shape index (κ3) is 3.01. The summed E-state index contributed by atoms with van der Waals surface area (Å²) in [5.41, 5.74) is 3.55. The van der Waals surface area contributed by atoms with Crippen molar-refractivity contribution >= 4 is 17.5 Å². The Morgan fingerprint density at radius 2 is 1.85 bits per heavy atom. The minimum atomic E-state index is 0.0391. The lowest BCUT2D eigenvalue weighted by Crippen LogP contribution is -2.40. The van der Waals surface area contributed by atoms with Gasteiger partial charge >= 0.3 is 0 Å². The highest BCUT2D eigenvalue weighted by Crippen LogP contribution is 2.24. The maximum Gasteiger partial charge on any atom is 0.251 e. The summed E-state index contributed by atoms with van der Waals surface area (Å²) in [6.07, 6.45) is 9.07. The van der Waals surface area contributed by atoms with Gasteiger partial charge in [-0.05, 0) is 55.4 Å². The van der Waals surface area contributed by atoms with Crippen molar-refractivity contribution in [1.29, 1.82) is 0 Å². The van der Waals surface area contributed by atoms with E-state index in [9.17, 15) is 4.79 Å². The molecule has 1 amide bonds. The minimum Gasteiger partial charge on any atom is -0.348 e. The van der Waals surface area contributed by atoms with E-state index in [0.29, 0.717) is 0 Å². The molecule has 0 saturated heterocycles. The summed E-state index contributed by atoms with van der Waals surface area (Å²) in [5.74, 6) is 0.0391. The zero-order valence-corrected chi connectivity index (χ0v) is 12.6. The molecule has 1 fully saturated rings. The molecule has 1 aromatic rings. The molecule has 3 heteroatoms. The van der Waals surface area contributed by atoms with Gasteiger partial charge < -0.3 is 5.32 Å². The number of nitrogens with one attached hydrogen (secondary N) is 1. The number of hydrogen-bond acceptors (Lipinski definition) is 1. The van der Waals surface area contributed by atoms with Crippen molar-refractivity contribution in [3.05, 3.63) is 34.9 Å². The van der Waals surface area contributed by atoms with Crippen molar-refractivity contribution < 1.29 is 4.79 Å². The van der Waals surface area contributed by atoms with Crippen LogP contribution in [0.1, 0.15) is 60.0 Å². The van der Waals surface area contributed by atoms with Gasteiger partial charge in [0.25, 0.3) is 5.91 Å². The second-order valence-corrected chi connectivity index (χ2v) is 6.63. The number of amides is 1. The summed E-state index contributed by atoms with van der Waals surface area (Å²) >= 11 is 6.40. The number of halogens is 1. The van der Waals surface area contributed by atoms with Gasteiger partial charge in [0.1, 0.15) is 0 Å². The highest BCUT2D eigenvalue weighted by Gasteiger charge is 2.24. The van der Waals surface area contributed by atoms with Gasteiger partial charge in [0.05, 0.1) is 5.38 Å². The number of aryl methyl sites for hydroxylation is 2. The SMILES string of the molecule is O=C(NC1CCCCCC1Cl)c1ccc2c(c1)CCC2. The quantitative estimate of drug-likeness (QED) is 0.651. The van der Waals surface area contributed by atoms with E-state index < -0.39 is 0 Å². The van der Waals surface area contributed by atoms with Gasteiger partial charge in [-0.3, -0.25) is 4.79 Å². The molecule has 2 unspecified atom stereocenters. The molecule has 108 valence electrons. The average Bonchev–Trinajstić information content (AvgIpc) is 2.83. The molecule has 3 rings (SSSR count). The molecule has 1 N–H and O–H groups in total. The molecule has 1 aromatic carbocycles. The predicted molar refractivity (Wildman–Crippen MR) is 82.4 cm³/mol. The van der Waals surface area contributed by atoms with Crippen LogP contribution in [0, 0.1) is 0 Å². The van der Waals surface area contributed by atoms with Crippen LogP contribution in [0.4, 0.5) is 0 Å². The molecule has 0 aliphatic heterocycles. The summed E-state index contributed by atoms with van der Waals surface area (Å²) in [6.45, 7) is 0. The van der Waals surface area contributed by atoms with E-state index in [1.165, 1.54) is 36.8 Å². The van der Waals surface area contributed by atoms with Gasteiger partial charge in [0.15, 0.2) is 0 Å². The minimum absolute atomic E-state index is 0.0391. The van der Waals surface area contributed by atoms with E-state index in [4.69, 9.17) is 11.6 Å². The Bertz CT molecular complexity index is 500. The van der Waals surface area contributed by atoms with Crippen LogP contribution in [-0.4, -0.2) is 17.3 Å². The lowest BCUT2D eigenvalue weighted by Gasteiger charge is -2.21. The van der Waals surface area contributed by atoms with Crippen LogP contribution in [0.2, 0.25) is 0 Å². The van der Waals surface area contributed by atoms with E-state index in [0.717, 1.165) is 31.2 Å². The van der Waals surface area contributed by atoms with Gasteiger partial charge in [-0.25, -0.2) is 0 Å². The van der Waals surface area contributed by atoms with Gasteiger partial charge in [-0.15, -0.1) is 11.6 Å². The Morgan fingerprint density at radius 1 is 1.05 bits per heavy atom. The first-order valence-electron chi connectivity index (χ1n) is 7.81. The fourth-order valence-corrected chi connectivity index (χ4v) is 3.73. The van der Waals surface area contributed by atoms with E-state index in [1.807, 2.05) is 6.07 Å². The van der Waals surface area contributed by atoms with Gasteiger partial charge in [0, 0.05) is 11.6 Å². The number of alkyl halides is 1. The Balaban J connectivity index is 1.69. The van der Waals surface area contributed by atoms with Crippen LogP contribution in [-0.2, 0) is 12.8 Å². The molecule has 0 spiro atoms. The Morgan fingerprint density at radius 3 is 2.75 bits per heavy atom. The molecule has 0 bridgehead atoms. The molecule has 0 radical (unpaired) electrons. The first-order chi connectivity index (χ1) is 9.74. The molecule has 2 nitrogen and oxygen atoms in total. The van der Waals surface area contributed by atoms with Crippen LogP contribution in [0.3, 0.4) is 0 Å². The molecule has 2 aliphatic rings. The summed E-state index contributed by atoms with van der Waals surface area (Å²) in [7, 11) is 0. The highest BCUT2D eigenvalue weighted by atomic mass is 35.5. The standard InChI is InChI=1S/C17H22ClNO/c18-15-7-2-1-3-8-16(15)19-17(20)14-10-9-12-5-4-6-13(12)11-14/h9-11,15-16H,1-8H2,(H,19,20). The zero-order valence-electron chi connectivity index (χ0n) is 11.8. The molecule has 2 atom stereocenters. The van der Waals surface area contributed by atoms with Gasteiger partial charge in [0.2, 0.25) is 0 Å². The van der Waals surface area contributed by atoms with E-state index in [2.05, 4.69) is 17.4 Å². The van der Waals surface area contributed by atoms with Crippen molar-refractivity contribution in [2.75, 3.05) is 0 Å². The second kappa shape index (κ2) is 6.17. The van der Waals surface area contributed by atoms with E-state index in [1.54, 1.807) is 0 Å². The molecule has 0 heterocycles. The maximum absolute atomic E-state index is 12.4. The Hall–Kier alpha value is -1.02. The third-order valence-corrected chi connectivity index (χ3v) is 5.13. The van der Waals surface area contributed by atoms with Gasteiger partial charge in [-0.1, -0.05) is 25.3 Å². The number of carbonyl (C=O) groups is 1. The highest BCUT2D eigenvalue weighted by molar-refractivity contribution is 6.21. The monoisotopic (exact) mass is 291 g/mol. The van der Waals surface area contributed by atoms with Crippen molar-refractivity contribution in [2.45, 2.75) is 62.8 Å². The van der Waals surface area contributed by atoms with Crippen LogP contribution in [0.25, 0.3) is 0 Å². The smallest absolute Gasteiger partial charge is 0.251 e. The summed E-state index contributed by atoms with van der Waals surface area (Å²) < 4.78 is 0. The number of benzene rings is 1. The topological polar surface area (TPSA) is 29.1 Å². The van der Waals surface area contributed by atoms with Gasteiger partial charge in [-0.2, -0.15) is 0 Å². The zero-order chi connectivity index (χ0) is 13.9. The lowest BCUT2D eigenvalue weighted by molar-refractivity contribution is 0.0934. The summed E-state index contributed by atoms with van der Waals surface area (Å²) in [5, 5.41) is 3.22. The fourth-order valence-electron chi connectivity index (χ4n) is 3.39. The summed E-state index contributed by atoms with van der Waals surface area (Å²) in [6, 6.07) is 6.26. The first-order valence-corrected chi connectivity index (χ1v) is 8.24. The molecule has 1 saturated carbocycles. The number of fused-ring (bicyclic) bond motifs is 1. The third-order valence-electron chi connectivity index (χ3n) is 4.61. The Labute approximate surface area is 125 Å². The first kappa shape index (κ1) is 13.9. The van der Waals surface area contributed by atoms with Crippen molar-refractivity contribution in [3.63, 3.8) is 0 Å². The normalized spacial score (nSPS) is 25.9. The van der Waals surface area contributed by atoms with Crippen LogP contribution in [0.5, 0.6) is 0 Å². The predicted octanol–water partition coefficient (Wildman–Crippen LogP) is 3.85. The van der Waals surface area contributed by atoms with Crippen LogP contribution < -0.4 is 5.32 Å². The number of rotatable bonds is 2. The van der Waals surface area contributed by atoms with Crippen molar-refractivity contribution in [3.8, 4) is 0 Å². The number of hydrogen-bond donors (Lipinski definition) is 1. The molecule has 2 aliphatic carbocycles. The van der Waals surface area contributed by atoms with E-state index in [-0.39, 0.29) is 17.3 Å². The number of carbonyl (C=O) groups excluding carboxylic acids is 1. The van der Waals surface area contributed by atoms with Crippen LogP contribution >= 0.6 is 11.6 Å². The van der Waals surface area contributed by atoms with Crippen molar-refractivity contribution in [1.82, 2.24) is 5.32 Å². The largest absolute Gasteiger partial charge is 0.348 e. The van der Waals surface area contributed by atoms with Crippen LogP contribution in [0.15, 0.2) is 18.2 Å². The van der Waals surface area contributed by atoms with Crippen molar-refractivity contribution in [2.24, 2.45) is 0 Å². The molecule has 20 heavy (non-hydrogen) atoms. The molecular formula is C17H22ClNO. The lowest BCUT2D eigenvalue weighted by atomic mass is 10.0. The Kier molecular flexibility index (Phi) is 4.30.